The van der Waals surface area contributed by atoms with Gasteiger partial charge in [-0.3, -0.25) is 4.79 Å². The molecule has 0 unspecified atom stereocenters. The lowest BCUT2D eigenvalue weighted by molar-refractivity contribution is -0.120. The van der Waals surface area contributed by atoms with Crippen LogP contribution in [0.4, 0.5) is 4.39 Å². The molecule has 2 aromatic rings. The van der Waals surface area contributed by atoms with Crippen LogP contribution in [0.5, 0.6) is 0 Å². The Balaban J connectivity index is 1.69. The van der Waals surface area contributed by atoms with Gasteiger partial charge in [0.05, 0.1) is 19.4 Å². The number of halogens is 1. The van der Waals surface area contributed by atoms with Crippen molar-refractivity contribution in [2.75, 3.05) is 6.54 Å². The number of hydrogen-bond donors (Lipinski definition) is 2. The van der Waals surface area contributed by atoms with Gasteiger partial charge < -0.3 is 15.1 Å². The molecule has 1 aromatic carbocycles. The van der Waals surface area contributed by atoms with Crippen LogP contribution in [0.1, 0.15) is 11.3 Å². The van der Waals surface area contributed by atoms with E-state index in [1.54, 1.807) is 30.5 Å². The fourth-order valence-corrected chi connectivity index (χ4v) is 1.61. The van der Waals surface area contributed by atoms with Crippen LogP contribution < -0.4 is 10.6 Å². The second-order valence-electron chi connectivity index (χ2n) is 4.05. The first-order valence-corrected chi connectivity index (χ1v) is 5.99. The summed E-state index contributed by atoms with van der Waals surface area (Å²) in [5.74, 6) is 0.267. The molecule has 2 N–H and O–H groups in total. The summed E-state index contributed by atoms with van der Waals surface area (Å²) in [6.45, 7) is 0.837. The first-order chi connectivity index (χ1) is 9.25. The normalized spacial score (nSPS) is 10.4. The molecule has 0 saturated carbocycles. The zero-order chi connectivity index (χ0) is 13.5. The maximum absolute atomic E-state index is 13.3. The van der Waals surface area contributed by atoms with Crippen LogP contribution in [0.3, 0.4) is 0 Å². The number of carbonyl (C=O) groups is 1. The zero-order valence-electron chi connectivity index (χ0n) is 10.4. The zero-order valence-corrected chi connectivity index (χ0v) is 10.4. The third kappa shape index (κ3) is 4.22. The number of furan rings is 1. The van der Waals surface area contributed by atoms with Crippen molar-refractivity contribution in [3.8, 4) is 0 Å². The van der Waals surface area contributed by atoms with E-state index in [0.717, 1.165) is 5.76 Å². The number of benzene rings is 1. The highest BCUT2D eigenvalue weighted by Crippen LogP contribution is 2.05. The lowest BCUT2D eigenvalue weighted by Gasteiger charge is -2.06. The molecule has 1 amide bonds. The Morgan fingerprint density at radius 1 is 1.16 bits per heavy atom. The summed E-state index contributed by atoms with van der Waals surface area (Å²) >= 11 is 0. The highest BCUT2D eigenvalue weighted by atomic mass is 19.1. The maximum Gasteiger partial charge on any atom is 0.234 e. The lowest BCUT2D eigenvalue weighted by Crippen LogP contribution is -2.33. The fraction of sp³-hybridized carbons (Fsp3) is 0.214. The number of nitrogens with one attached hydrogen (secondary N) is 2. The molecule has 19 heavy (non-hydrogen) atoms. The molecule has 2 rings (SSSR count). The predicted octanol–water partition coefficient (Wildman–Crippen LogP) is 1.82. The van der Waals surface area contributed by atoms with Gasteiger partial charge in [0.15, 0.2) is 0 Å². The van der Waals surface area contributed by atoms with Crippen LogP contribution in [0.2, 0.25) is 0 Å². The lowest BCUT2D eigenvalue weighted by atomic mass is 10.2. The van der Waals surface area contributed by atoms with Crippen LogP contribution in [0, 0.1) is 5.82 Å². The van der Waals surface area contributed by atoms with Gasteiger partial charge in [0, 0.05) is 12.1 Å². The molecule has 5 heteroatoms. The van der Waals surface area contributed by atoms with Crippen molar-refractivity contribution in [1.82, 2.24) is 10.6 Å². The van der Waals surface area contributed by atoms with E-state index in [0.29, 0.717) is 12.1 Å². The van der Waals surface area contributed by atoms with E-state index in [2.05, 4.69) is 10.6 Å². The third-order valence-corrected chi connectivity index (χ3v) is 2.60. The number of hydrogen-bond acceptors (Lipinski definition) is 3. The van der Waals surface area contributed by atoms with Crippen LogP contribution in [0.25, 0.3) is 0 Å². The van der Waals surface area contributed by atoms with Crippen molar-refractivity contribution in [2.45, 2.75) is 13.1 Å². The Labute approximate surface area is 110 Å². The molecule has 100 valence electrons. The Morgan fingerprint density at radius 3 is 2.74 bits per heavy atom. The fourth-order valence-electron chi connectivity index (χ4n) is 1.61. The molecule has 0 bridgehead atoms. The van der Waals surface area contributed by atoms with Crippen LogP contribution in [0.15, 0.2) is 47.1 Å². The van der Waals surface area contributed by atoms with Crippen molar-refractivity contribution in [3.63, 3.8) is 0 Å². The number of carbonyl (C=O) groups excluding carboxylic acids is 1. The van der Waals surface area contributed by atoms with Gasteiger partial charge >= 0.3 is 0 Å². The van der Waals surface area contributed by atoms with Crippen molar-refractivity contribution >= 4 is 5.91 Å². The molecule has 0 atom stereocenters. The van der Waals surface area contributed by atoms with Gasteiger partial charge in [-0.05, 0) is 18.2 Å². The van der Waals surface area contributed by atoms with Gasteiger partial charge in [-0.25, -0.2) is 4.39 Å². The number of amides is 1. The summed E-state index contributed by atoms with van der Waals surface area (Å²) in [6, 6.07) is 9.98. The Kier molecular flexibility index (Phi) is 4.69. The van der Waals surface area contributed by atoms with Gasteiger partial charge in [0.1, 0.15) is 11.6 Å². The van der Waals surface area contributed by atoms with E-state index < -0.39 is 0 Å². The molecule has 0 aliphatic carbocycles. The van der Waals surface area contributed by atoms with E-state index in [1.165, 1.54) is 6.07 Å². The standard InChI is InChI=1S/C14H15FN2O2/c15-13-6-2-1-4-11(13)8-17-14(18)10-16-9-12-5-3-7-19-12/h1-7,16H,8-10H2,(H,17,18). The summed E-state index contributed by atoms with van der Waals surface area (Å²) in [4.78, 5) is 11.5. The molecule has 1 heterocycles. The molecular formula is C14H15FN2O2. The topological polar surface area (TPSA) is 54.3 Å². The average Bonchev–Trinajstić information content (AvgIpc) is 2.91. The summed E-state index contributed by atoms with van der Waals surface area (Å²) in [5, 5.41) is 5.59. The Bertz CT molecular complexity index is 526. The van der Waals surface area contributed by atoms with E-state index in [9.17, 15) is 9.18 Å². The molecule has 0 saturated heterocycles. The van der Waals surface area contributed by atoms with E-state index in [1.807, 2.05) is 6.07 Å². The Morgan fingerprint density at radius 2 is 2.00 bits per heavy atom. The molecule has 0 aliphatic rings. The van der Waals surface area contributed by atoms with E-state index >= 15 is 0 Å². The summed E-state index contributed by atoms with van der Waals surface area (Å²) < 4.78 is 18.4. The van der Waals surface area contributed by atoms with Crippen molar-refractivity contribution in [2.24, 2.45) is 0 Å². The van der Waals surface area contributed by atoms with E-state index in [4.69, 9.17) is 4.42 Å². The van der Waals surface area contributed by atoms with Gasteiger partial charge in [0.25, 0.3) is 0 Å². The van der Waals surface area contributed by atoms with Gasteiger partial charge in [0.2, 0.25) is 5.91 Å². The SMILES string of the molecule is O=C(CNCc1ccco1)NCc1ccccc1F. The first kappa shape index (κ1) is 13.3. The minimum absolute atomic E-state index is 0.162. The van der Waals surface area contributed by atoms with Crippen molar-refractivity contribution < 1.29 is 13.6 Å². The molecule has 0 aliphatic heterocycles. The largest absolute Gasteiger partial charge is 0.468 e. The quantitative estimate of drug-likeness (QED) is 0.835. The minimum Gasteiger partial charge on any atom is -0.468 e. The molecule has 1 aromatic heterocycles. The minimum atomic E-state index is -0.314. The highest BCUT2D eigenvalue weighted by Gasteiger charge is 2.04. The monoisotopic (exact) mass is 262 g/mol. The molecule has 0 spiro atoms. The second kappa shape index (κ2) is 6.70. The summed E-state index contributed by atoms with van der Waals surface area (Å²) in [5.41, 5.74) is 0.474. The Hall–Kier alpha value is -2.14. The second-order valence-corrected chi connectivity index (χ2v) is 4.05. The van der Waals surface area contributed by atoms with Crippen LogP contribution >= 0.6 is 0 Å². The van der Waals surface area contributed by atoms with Gasteiger partial charge in [-0.1, -0.05) is 18.2 Å². The molecular weight excluding hydrogens is 247 g/mol. The van der Waals surface area contributed by atoms with Crippen LogP contribution in [-0.2, 0) is 17.9 Å². The predicted molar refractivity (Wildman–Crippen MR) is 68.7 cm³/mol. The van der Waals surface area contributed by atoms with Crippen molar-refractivity contribution in [1.29, 1.82) is 0 Å². The first-order valence-electron chi connectivity index (χ1n) is 5.99. The average molecular weight is 262 g/mol. The van der Waals surface area contributed by atoms with Crippen LogP contribution in [-0.4, -0.2) is 12.5 Å². The highest BCUT2D eigenvalue weighted by molar-refractivity contribution is 5.77. The van der Waals surface area contributed by atoms with Gasteiger partial charge in [-0.15, -0.1) is 0 Å². The third-order valence-electron chi connectivity index (χ3n) is 2.60. The molecule has 0 radical (unpaired) electrons. The summed E-state index contributed by atoms with van der Waals surface area (Å²) in [7, 11) is 0. The smallest absolute Gasteiger partial charge is 0.234 e. The maximum atomic E-state index is 13.3. The van der Waals surface area contributed by atoms with E-state index in [-0.39, 0.29) is 24.8 Å². The molecule has 4 nitrogen and oxygen atoms in total. The number of rotatable bonds is 6. The van der Waals surface area contributed by atoms with Gasteiger partial charge in [-0.2, -0.15) is 0 Å². The summed E-state index contributed by atoms with van der Waals surface area (Å²) in [6.07, 6.45) is 1.58. The van der Waals surface area contributed by atoms with Crippen molar-refractivity contribution in [3.05, 3.63) is 59.8 Å². The molecule has 0 fully saturated rings.